The van der Waals surface area contributed by atoms with Crippen molar-refractivity contribution in [3.63, 3.8) is 0 Å². The number of nitrogens with zero attached hydrogens (tertiary/aromatic N) is 1. The highest BCUT2D eigenvalue weighted by atomic mass is 35.5. The van der Waals surface area contributed by atoms with Gasteiger partial charge in [-0.15, -0.1) is 11.3 Å². The van der Waals surface area contributed by atoms with Gasteiger partial charge in [0, 0.05) is 16.2 Å². The summed E-state index contributed by atoms with van der Waals surface area (Å²) in [5, 5.41) is 5.51. The number of thiazole rings is 1. The molecule has 0 saturated heterocycles. The molecule has 2 aromatic carbocycles. The summed E-state index contributed by atoms with van der Waals surface area (Å²) in [6.45, 7) is 0. The minimum Gasteiger partial charge on any atom is -0.495 e. The van der Waals surface area contributed by atoms with Crippen molar-refractivity contribution in [3.8, 4) is 5.75 Å². The van der Waals surface area contributed by atoms with Crippen LogP contribution in [-0.2, 0) is 17.0 Å². The van der Waals surface area contributed by atoms with Crippen LogP contribution >= 0.6 is 34.7 Å². The topological polar surface area (TPSA) is 51.2 Å². The number of amides is 1. The quantitative estimate of drug-likeness (QED) is 0.544. The molecule has 0 saturated carbocycles. The maximum Gasteiger partial charge on any atom is 0.230 e. The van der Waals surface area contributed by atoms with E-state index in [-0.39, 0.29) is 12.3 Å². The van der Waals surface area contributed by atoms with Crippen molar-refractivity contribution in [3.05, 3.63) is 70.2 Å². The van der Waals surface area contributed by atoms with Crippen molar-refractivity contribution in [2.45, 2.75) is 16.5 Å². The lowest BCUT2D eigenvalue weighted by molar-refractivity contribution is -0.115. The van der Waals surface area contributed by atoms with Gasteiger partial charge in [0.05, 0.1) is 24.9 Å². The van der Waals surface area contributed by atoms with E-state index in [0.29, 0.717) is 11.4 Å². The Morgan fingerprint density at radius 1 is 1.27 bits per heavy atom. The number of ether oxygens (including phenoxy) is 1. The number of carbonyl (C=O) groups is 1. The SMILES string of the molecule is COc1ccccc1NC(=O)Cc1csc(SCc2cccc(Cl)c2)n1. The molecule has 7 heteroatoms. The molecule has 0 aliphatic rings. The number of halogens is 1. The number of methoxy groups -OCH3 is 1. The normalized spacial score (nSPS) is 10.5. The van der Waals surface area contributed by atoms with Crippen LogP contribution in [-0.4, -0.2) is 18.0 Å². The van der Waals surface area contributed by atoms with E-state index in [1.54, 1.807) is 30.2 Å². The molecule has 1 amide bonds. The molecule has 3 aromatic rings. The number of benzene rings is 2. The maximum absolute atomic E-state index is 12.3. The Hall–Kier alpha value is -2.02. The number of hydrogen-bond donors (Lipinski definition) is 1. The second-order valence-electron chi connectivity index (χ2n) is 5.45. The molecule has 0 fully saturated rings. The minimum absolute atomic E-state index is 0.119. The summed E-state index contributed by atoms with van der Waals surface area (Å²) in [5.41, 5.74) is 2.56. The van der Waals surface area contributed by atoms with E-state index in [4.69, 9.17) is 16.3 Å². The van der Waals surface area contributed by atoms with Crippen molar-refractivity contribution >= 4 is 46.3 Å². The van der Waals surface area contributed by atoms with Gasteiger partial charge in [0.15, 0.2) is 0 Å². The van der Waals surface area contributed by atoms with Crippen molar-refractivity contribution in [1.29, 1.82) is 0 Å². The number of carbonyl (C=O) groups excluding carboxylic acids is 1. The van der Waals surface area contributed by atoms with Crippen LogP contribution in [0, 0.1) is 0 Å². The second-order valence-corrected chi connectivity index (χ2v) is 7.97. The van der Waals surface area contributed by atoms with Crippen LogP contribution < -0.4 is 10.1 Å². The van der Waals surface area contributed by atoms with Crippen molar-refractivity contribution < 1.29 is 9.53 Å². The van der Waals surface area contributed by atoms with Crippen molar-refractivity contribution in [1.82, 2.24) is 4.98 Å². The Kier molecular flexibility index (Phi) is 6.55. The molecule has 1 N–H and O–H groups in total. The maximum atomic E-state index is 12.3. The number of nitrogens with one attached hydrogen (secondary N) is 1. The molecule has 1 aromatic heterocycles. The molecule has 134 valence electrons. The zero-order valence-electron chi connectivity index (χ0n) is 14.1. The van der Waals surface area contributed by atoms with E-state index >= 15 is 0 Å². The minimum atomic E-state index is -0.119. The van der Waals surface area contributed by atoms with Crippen LogP contribution in [0.4, 0.5) is 5.69 Å². The predicted octanol–water partition coefficient (Wildman–Crippen LogP) is 5.28. The summed E-state index contributed by atoms with van der Waals surface area (Å²) in [6.07, 6.45) is 0.228. The van der Waals surface area contributed by atoms with E-state index in [1.165, 1.54) is 0 Å². The van der Waals surface area contributed by atoms with Gasteiger partial charge in [-0.2, -0.15) is 0 Å². The van der Waals surface area contributed by atoms with Crippen molar-refractivity contribution in [2.75, 3.05) is 12.4 Å². The van der Waals surface area contributed by atoms with Gasteiger partial charge >= 0.3 is 0 Å². The summed E-state index contributed by atoms with van der Waals surface area (Å²) in [5.74, 6) is 1.31. The van der Waals surface area contributed by atoms with E-state index in [2.05, 4.69) is 10.3 Å². The van der Waals surface area contributed by atoms with Gasteiger partial charge in [0.2, 0.25) is 5.91 Å². The number of thioether (sulfide) groups is 1. The third-order valence-corrected chi connectivity index (χ3v) is 5.88. The van der Waals surface area contributed by atoms with Gasteiger partial charge in [-0.1, -0.05) is 47.6 Å². The molecular formula is C19H17ClN2O2S2. The van der Waals surface area contributed by atoms with E-state index in [1.807, 2.05) is 53.9 Å². The van der Waals surface area contributed by atoms with Gasteiger partial charge in [-0.25, -0.2) is 4.98 Å². The highest BCUT2D eigenvalue weighted by molar-refractivity contribution is 8.00. The number of rotatable bonds is 7. The number of hydrogen-bond acceptors (Lipinski definition) is 5. The zero-order valence-corrected chi connectivity index (χ0v) is 16.5. The number of anilines is 1. The lowest BCUT2D eigenvalue weighted by Gasteiger charge is -2.08. The van der Waals surface area contributed by atoms with Crippen LogP contribution in [0.2, 0.25) is 5.02 Å². The Bertz CT molecular complexity index is 899. The van der Waals surface area contributed by atoms with E-state index in [0.717, 1.165) is 26.4 Å². The first-order valence-corrected chi connectivity index (χ1v) is 10.1. The predicted molar refractivity (Wildman–Crippen MR) is 108 cm³/mol. The average Bonchev–Trinajstić information content (AvgIpc) is 3.08. The highest BCUT2D eigenvalue weighted by Crippen LogP contribution is 2.28. The van der Waals surface area contributed by atoms with Crippen LogP contribution in [0.1, 0.15) is 11.3 Å². The molecule has 26 heavy (non-hydrogen) atoms. The van der Waals surface area contributed by atoms with Gasteiger partial charge in [0.1, 0.15) is 10.1 Å². The first-order valence-electron chi connectivity index (χ1n) is 7.88. The van der Waals surface area contributed by atoms with Crippen LogP contribution in [0.3, 0.4) is 0 Å². The van der Waals surface area contributed by atoms with Crippen LogP contribution in [0.5, 0.6) is 5.75 Å². The Labute approximate surface area is 165 Å². The van der Waals surface area contributed by atoms with Gasteiger partial charge in [-0.3, -0.25) is 4.79 Å². The lowest BCUT2D eigenvalue weighted by Crippen LogP contribution is -2.15. The fourth-order valence-electron chi connectivity index (χ4n) is 2.31. The Morgan fingerprint density at radius 3 is 2.92 bits per heavy atom. The molecule has 0 radical (unpaired) electrons. The standard InChI is InChI=1S/C19H17ClN2O2S2/c1-24-17-8-3-2-7-16(17)22-18(23)10-15-12-26-19(21-15)25-11-13-5-4-6-14(20)9-13/h2-9,12H,10-11H2,1H3,(H,22,23). The lowest BCUT2D eigenvalue weighted by atomic mass is 10.2. The van der Waals surface area contributed by atoms with E-state index < -0.39 is 0 Å². The molecule has 0 unspecified atom stereocenters. The average molecular weight is 405 g/mol. The molecule has 0 atom stereocenters. The Balaban J connectivity index is 1.55. The van der Waals surface area contributed by atoms with Gasteiger partial charge < -0.3 is 10.1 Å². The van der Waals surface area contributed by atoms with Crippen LogP contribution in [0.15, 0.2) is 58.3 Å². The summed E-state index contributed by atoms with van der Waals surface area (Å²) in [7, 11) is 1.58. The third kappa shape index (κ3) is 5.24. The summed E-state index contributed by atoms with van der Waals surface area (Å²) in [6, 6.07) is 15.1. The molecule has 0 spiro atoms. The summed E-state index contributed by atoms with van der Waals surface area (Å²) in [4.78, 5) is 16.8. The highest BCUT2D eigenvalue weighted by Gasteiger charge is 2.11. The second kappa shape index (κ2) is 9.07. The molecule has 1 heterocycles. The zero-order chi connectivity index (χ0) is 18.4. The van der Waals surface area contributed by atoms with Crippen molar-refractivity contribution in [2.24, 2.45) is 0 Å². The number of aromatic nitrogens is 1. The summed E-state index contributed by atoms with van der Waals surface area (Å²) >= 11 is 9.18. The largest absolute Gasteiger partial charge is 0.495 e. The molecule has 0 bridgehead atoms. The molecular weight excluding hydrogens is 388 g/mol. The molecule has 4 nitrogen and oxygen atoms in total. The third-order valence-electron chi connectivity index (χ3n) is 3.50. The first kappa shape index (κ1) is 18.8. The Morgan fingerprint density at radius 2 is 2.12 bits per heavy atom. The monoisotopic (exact) mass is 404 g/mol. The number of para-hydroxylation sites is 2. The smallest absolute Gasteiger partial charge is 0.230 e. The first-order chi connectivity index (χ1) is 12.6. The van der Waals surface area contributed by atoms with Gasteiger partial charge in [-0.05, 0) is 29.8 Å². The fourth-order valence-corrected chi connectivity index (χ4v) is 4.32. The van der Waals surface area contributed by atoms with E-state index in [9.17, 15) is 4.79 Å². The fraction of sp³-hybridized carbons (Fsp3) is 0.158. The molecule has 0 aliphatic carbocycles. The van der Waals surface area contributed by atoms with Crippen LogP contribution in [0.25, 0.3) is 0 Å². The molecule has 0 aliphatic heterocycles. The summed E-state index contributed by atoms with van der Waals surface area (Å²) < 4.78 is 6.18. The molecule has 3 rings (SSSR count). The van der Waals surface area contributed by atoms with Gasteiger partial charge in [0.25, 0.3) is 0 Å².